The van der Waals surface area contributed by atoms with Crippen molar-refractivity contribution >= 4 is 18.6 Å². The lowest BCUT2D eigenvalue weighted by Gasteiger charge is -2.28. The van der Waals surface area contributed by atoms with Crippen molar-refractivity contribution in [1.82, 2.24) is 10.6 Å². The third kappa shape index (κ3) is 5.48. The first-order chi connectivity index (χ1) is 14.5. The number of ether oxygens (including phenoxy) is 4. The summed E-state index contributed by atoms with van der Waals surface area (Å²) in [7, 11) is 4.37. The van der Waals surface area contributed by atoms with E-state index in [1.54, 1.807) is 32.2 Å². The van der Waals surface area contributed by atoms with E-state index in [4.69, 9.17) is 18.9 Å². The molecule has 1 unspecified atom stereocenters. The minimum Gasteiger partial charge on any atom is -0.493 e. The average molecular weight is 434 g/mol. The van der Waals surface area contributed by atoms with Gasteiger partial charge < -0.3 is 29.6 Å². The summed E-state index contributed by atoms with van der Waals surface area (Å²) >= 11 is 4.33. The molecule has 8 nitrogen and oxygen atoms in total. The van der Waals surface area contributed by atoms with Crippen LogP contribution in [0, 0.1) is 11.3 Å². The number of nitrogens with one attached hydrogen (secondary N) is 2. The first kappa shape index (κ1) is 23.6. The maximum atomic E-state index is 12.3. The number of carbonyl (C=O) groups is 1. The topological polar surface area (TPSA) is 102 Å². The number of benzene rings is 1. The molecule has 2 aliphatic heterocycles. The van der Waals surface area contributed by atoms with Gasteiger partial charge in [0.15, 0.2) is 11.5 Å². The maximum Gasteiger partial charge on any atom is 0.336 e. The summed E-state index contributed by atoms with van der Waals surface area (Å²) in [5.74, 6) is -0.0399. The molecule has 3 rings (SSSR count). The summed E-state index contributed by atoms with van der Waals surface area (Å²) in [6.07, 6.45) is 0. The number of methoxy groups -OCH3 is 3. The van der Waals surface area contributed by atoms with Crippen molar-refractivity contribution in [3.63, 3.8) is 0 Å². The normalized spacial score (nSPS) is 18.5. The lowest BCUT2D eigenvalue weighted by Crippen LogP contribution is -2.30. The predicted molar refractivity (Wildman–Crippen MR) is 115 cm³/mol. The van der Waals surface area contributed by atoms with Gasteiger partial charge in [-0.25, -0.2) is 4.79 Å². The Kier molecular flexibility index (Phi) is 9.05. The third-order valence-electron chi connectivity index (χ3n) is 4.66. The highest BCUT2D eigenvalue weighted by Crippen LogP contribution is 2.41. The van der Waals surface area contributed by atoms with Crippen LogP contribution in [-0.4, -0.2) is 53.6 Å². The lowest BCUT2D eigenvalue weighted by molar-refractivity contribution is -0.136. The van der Waals surface area contributed by atoms with Gasteiger partial charge >= 0.3 is 5.97 Å². The van der Waals surface area contributed by atoms with Gasteiger partial charge in [-0.15, -0.1) is 12.6 Å². The van der Waals surface area contributed by atoms with Gasteiger partial charge in [0.05, 0.1) is 62.7 Å². The highest BCUT2D eigenvalue weighted by atomic mass is 32.1. The van der Waals surface area contributed by atoms with E-state index in [0.29, 0.717) is 38.9 Å². The molecule has 0 saturated carbocycles. The van der Waals surface area contributed by atoms with E-state index in [2.05, 4.69) is 29.3 Å². The Labute approximate surface area is 182 Å². The van der Waals surface area contributed by atoms with E-state index in [1.165, 1.54) is 14.2 Å². The van der Waals surface area contributed by atoms with Gasteiger partial charge in [-0.3, -0.25) is 0 Å². The number of rotatable bonds is 4. The molecule has 0 bridgehead atoms. The highest BCUT2D eigenvalue weighted by molar-refractivity contribution is 7.84. The average Bonchev–Trinajstić information content (AvgIpc) is 2.79. The second-order valence-corrected chi connectivity index (χ2v) is 6.89. The van der Waals surface area contributed by atoms with Crippen molar-refractivity contribution in [2.75, 3.05) is 47.6 Å². The fraction of sp³-hybridized carbons (Fsp3) is 0.429. The van der Waals surface area contributed by atoms with Crippen LogP contribution in [0.15, 0.2) is 40.1 Å². The molecule has 2 heterocycles. The fourth-order valence-corrected chi connectivity index (χ4v) is 3.54. The Bertz CT molecular complexity index is 860. The molecule has 0 aromatic heterocycles. The van der Waals surface area contributed by atoms with Crippen LogP contribution in [0.2, 0.25) is 0 Å². The van der Waals surface area contributed by atoms with Gasteiger partial charge in [0.25, 0.3) is 0 Å². The maximum absolute atomic E-state index is 12.3. The summed E-state index contributed by atoms with van der Waals surface area (Å²) in [5.41, 5.74) is 1.98. The Morgan fingerprint density at radius 2 is 1.87 bits per heavy atom. The van der Waals surface area contributed by atoms with Crippen LogP contribution in [0.1, 0.15) is 18.4 Å². The monoisotopic (exact) mass is 433 g/mol. The van der Waals surface area contributed by atoms with Crippen LogP contribution in [-0.2, 0) is 14.3 Å². The molecule has 162 valence electrons. The molecule has 9 heteroatoms. The van der Waals surface area contributed by atoms with Crippen LogP contribution in [0.3, 0.4) is 0 Å². The fourth-order valence-electron chi connectivity index (χ4n) is 3.19. The summed E-state index contributed by atoms with van der Waals surface area (Å²) in [4.78, 5) is 12.3. The van der Waals surface area contributed by atoms with Crippen LogP contribution in [0.5, 0.6) is 11.5 Å². The predicted octanol–water partition coefficient (Wildman–Crippen LogP) is 2.11. The summed E-state index contributed by atoms with van der Waals surface area (Å²) in [6, 6.07) is 7.38. The first-order valence-electron chi connectivity index (χ1n) is 9.38. The number of nitriles is 1. The molecule has 0 amide bonds. The van der Waals surface area contributed by atoms with Gasteiger partial charge in [-0.2, -0.15) is 5.26 Å². The Morgan fingerprint density at radius 1 is 1.20 bits per heavy atom. The second-order valence-electron chi connectivity index (χ2n) is 6.44. The van der Waals surface area contributed by atoms with Gasteiger partial charge in [0, 0.05) is 18.8 Å². The van der Waals surface area contributed by atoms with Gasteiger partial charge in [-0.1, -0.05) is 6.07 Å². The number of esters is 1. The zero-order valence-corrected chi connectivity index (χ0v) is 18.5. The molecule has 30 heavy (non-hydrogen) atoms. The zero-order chi connectivity index (χ0) is 22.1. The van der Waals surface area contributed by atoms with Crippen LogP contribution in [0.4, 0.5) is 0 Å². The molecular weight excluding hydrogens is 406 g/mol. The molecule has 2 N–H and O–H groups in total. The van der Waals surface area contributed by atoms with Crippen LogP contribution >= 0.6 is 12.6 Å². The second kappa shape index (κ2) is 11.5. The standard InChI is InChI=1S/C17H18N2O4S.C4H9NO/c1-9-14(17(20)23-4)15(11(8-18)16(24)19-9)10-5-6-12(21-2)13(7-10)22-3;1-3-6-4-2-5-1/h5-7,15,19,24H,1-4H3;5H,1-4H2. The molecule has 1 atom stereocenters. The van der Waals surface area contributed by atoms with E-state index >= 15 is 0 Å². The zero-order valence-electron chi connectivity index (χ0n) is 17.6. The van der Waals surface area contributed by atoms with Crippen LogP contribution < -0.4 is 20.1 Å². The number of allylic oxidation sites excluding steroid dienone is 2. The van der Waals surface area contributed by atoms with Gasteiger partial charge in [0.1, 0.15) is 0 Å². The summed E-state index contributed by atoms with van der Waals surface area (Å²) in [5, 5.41) is 16.1. The molecule has 1 aromatic carbocycles. The van der Waals surface area contributed by atoms with E-state index in [9.17, 15) is 10.1 Å². The minimum atomic E-state index is -0.601. The quantitative estimate of drug-likeness (QED) is 0.490. The third-order valence-corrected chi connectivity index (χ3v) is 5.01. The number of hydrogen-bond acceptors (Lipinski definition) is 9. The smallest absolute Gasteiger partial charge is 0.336 e. The molecular formula is C21H27N3O5S. The van der Waals surface area contributed by atoms with Gasteiger partial charge in [0.2, 0.25) is 0 Å². The van der Waals surface area contributed by atoms with Crippen molar-refractivity contribution in [3.05, 3.63) is 45.6 Å². The molecule has 0 spiro atoms. The number of morpholine rings is 1. The molecule has 1 saturated heterocycles. The molecule has 2 aliphatic rings. The van der Waals surface area contributed by atoms with Gasteiger partial charge in [-0.05, 0) is 24.6 Å². The number of dihydropyridines is 1. The highest BCUT2D eigenvalue weighted by Gasteiger charge is 2.34. The van der Waals surface area contributed by atoms with Crippen molar-refractivity contribution in [2.45, 2.75) is 12.8 Å². The van der Waals surface area contributed by atoms with Crippen LogP contribution in [0.25, 0.3) is 0 Å². The largest absolute Gasteiger partial charge is 0.493 e. The number of thiol groups is 1. The van der Waals surface area contributed by atoms with E-state index < -0.39 is 11.9 Å². The van der Waals surface area contributed by atoms with Crippen molar-refractivity contribution in [2.24, 2.45) is 0 Å². The molecule has 0 aliphatic carbocycles. The van der Waals surface area contributed by atoms with E-state index in [-0.39, 0.29) is 0 Å². The Morgan fingerprint density at radius 3 is 2.33 bits per heavy atom. The summed E-state index contributed by atoms with van der Waals surface area (Å²) < 4.78 is 20.5. The Hall–Kier alpha value is -2.67. The SMILES string of the molecule is C1COCCN1.COC(=O)C1=C(C)NC(S)=C(C#N)C1c1ccc(OC)c(OC)c1. The first-order valence-corrected chi connectivity index (χ1v) is 9.82. The van der Waals surface area contributed by atoms with E-state index in [1.807, 2.05) is 0 Å². The van der Waals surface area contributed by atoms with E-state index in [0.717, 1.165) is 26.3 Å². The number of carbonyl (C=O) groups excluding carboxylic acids is 1. The lowest BCUT2D eigenvalue weighted by atomic mass is 9.82. The number of nitrogens with zero attached hydrogens (tertiary/aromatic N) is 1. The molecule has 1 fully saturated rings. The summed E-state index contributed by atoms with van der Waals surface area (Å²) in [6.45, 7) is 5.57. The minimum absolute atomic E-state index is 0.330. The molecule has 0 radical (unpaired) electrons. The van der Waals surface area contributed by atoms with Crippen molar-refractivity contribution < 1.29 is 23.7 Å². The molecule has 1 aromatic rings. The Balaban J connectivity index is 0.000000456. The number of hydrogen-bond donors (Lipinski definition) is 3. The van der Waals surface area contributed by atoms with Crippen molar-refractivity contribution in [1.29, 1.82) is 5.26 Å². The van der Waals surface area contributed by atoms with Crippen molar-refractivity contribution in [3.8, 4) is 17.6 Å².